The number of aliphatic hydroxyl groups excluding tert-OH is 1. The quantitative estimate of drug-likeness (QED) is 0.401. The van der Waals surface area contributed by atoms with Crippen LogP contribution in [0.4, 0.5) is 0 Å². The molecule has 1 saturated heterocycles. The Kier molecular flexibility index (Phi) is 4.99. The van der Waals surface area contributed by atoms with Crippen LogP contribution in [0.1, 0.15) is 39.8 Å². The van der Waals surface area contributed by atoms with Gasteiger partial charge in [0.15, 0.2) is 0 Å². The van der Waals surface area contributed by atoms with E-state index in [9.17, 15) is 14.7 Å². The first-order chi connectivity index (χ1) is 14.4. The molecule has 0 aliphatic carbocycles. The first-order valence-electron chi connectivity index (χ1n) is 9.68. The fourth-order valence-electron chi connectivity index (χ4n) is 3.76. The number of Topliss-reactive ketones (excluding diaryl/α,β-unsaturated/α-hetero) is 1. The number of likely N-dealkylation sites (tertiary alicyclic amines) is 1. The lowest BCUT2D eigenvalue weighted by molar-refractivity contribution is -0.140. The second-order valence-electron chi connectivity index (χ2n) is 7.56. The minimum absolute atomic E-state index is 0.0342. The number of pyridine rings is 1. The maximum atomic E-state index is 13.0. The summed E-state index contributed by atoms with van der Waals surface area (Å²) in [6, 6.07) is 11.9. The molecule has 30 heavy (non-hydrogen) atoms. The molecule has 1 unspecified atom stereocenters. The van der Waals surface area contributed by atoms with Gasteiger partial charge in [0.05, 0.1) is 5.57 Å². The third-order valence-corrected chi connectivity index (χ3v) is 5.29. The summed E-state index contributed by atoms with van der Waals surface area (Å²) in [5, 5.41) is 11.2. The fraction of sp³-hybridized carbons (Fsp3) is 0.208. The first kappa shape index (κ1) is 19.6. The number of furan rings is 1. The lowest BCUT2D eigenvalue weighted by Gasteiger charge is -2.23. The molecule has 0 bridgehead atoms. The minimum atomic E-state index is -0.821. The summed E-state index contributed by atoms with van der Waals surface area (Å²) in [5.41, 5.74) is 3.09. The van der Waals surface area contributed by atoms with E-state index in [-0.39, 0.29) is 17.9 Å². The van der Waals surface area contributed by atoms with Gasteiger partial charge in [0, 0.05) is 24.5 Å². The predicted octanol–water partition coefficient (Wildman–Crippen LogP) is 4.22. The molecule has 6 nitrogen and oxygen atoms in total. The van der Waals surface area contributed by atoms with Crippen molar-refractivity contribution in [2.75, 3.05) is 0 Å². The van der Waals surface area contributed by atoms with Crippen molar-refractivity contribution in [3.63, 3.8) is 0 Å². The van der Waals surface area contributed by atoms with Crippen molar-refractivity contribution < 1.29 is 19.1 Å². The number of benzene rings is 1. The maximum absolute atomic E-state index is 13.0. The molecule has 1 amide bonds. The number of amides is 1. The molecule has 6 heteroatoms. The van der Waals surface area contributed by atoms with Crippen LogP contribution in [0.15, 0.2) is 64.8 Å². The zero-order valence-electron chi connectivity index (χ0n) is 17.0. The molecule has 152 valence electrons. The number of ketones is 1. The average Bonchev–Trinajstić information content (AvgIpc) is 3.26. The van der Waals surface area contributed by atoms with Crippen LogP contribution in [0.25, 0.3) is 5.76 Å². The zero-order valence-corrected chi connectivity index (χ0v) is 17.0. The normalized spacial score (nSPS) is 18.2. The van der Waals surface area contributed by atoms with Gasteiger partial charge >= 0.3 is 0 Å². The summed E-state index contributed by atoms with van der Waals surface area (Å²) in [7, 11) is 0. The molecule has 1 N–H and O–H groups in total. The summed E-state index contributed by atoms with van der Waals surface area (Å²) < 4.78 is 5.80. The van der Waals surface area contributed by atoms with Crippen LogP contribution in [0, 0.1) is 20.8 Å². The monoisotopic (exact) mass is 402 g/mol. The third kappa shape index (κ3) is 3.41. The van der Waals surface area contributed by atoms with Crippen molar-refractivity contribution in [3.8, 4) is 0 Å². The number of carbonyl (C=O) groups excluding carboxylic acids is 2. The number of rotatable bonds is 4. The molecule has 0 spiro atoms. The summed E-state index contributed by atoms with van der Waals surface area (Å²) in [6.45, 7) is 5.73. The molecular formula is C24H22N2O4. The van der Waals surface area contributed by atoms with Gasteiger partial charge in [-0.15, -0.1) is 0 Å². The number of aromatic nitrogens is 1. The fourth-order valence-corrected chi connectivity index (χ4v) is 3.76. The van der Waals surface area contributed by atoms with E-state index in [1.807, 2.05) is 38.1 Å². The van der Waals surface area contributed by atoms with Gasteiger partial charge in [0.25, 0.3) is 11.7 Å². The predicted molar refractivity (Wildman–Crippen MR) is 111 cm³/mol. The van der Waals surface area contributed by atoms with Crippen LogP contribution >= 0.6 is 0 Å². The molecule has 1 aliphatic rings. The smallest absolute Gasteiger partial charge is 0.296 e. The Labute approximate surface area is 174 Å². The van der Waals surface area contributed by atoms with E-state index >= 15 is 0 Å². The average molecular weight is 402 g/mol. The van der Waals surface area contributed by atoms with Crippen LogP contribution in [-0.4, -0.2) is 26.7 Å². The van der Waals surface area contributed by atoms with Crippen LogP contribution in [0.2, 0.25) is 0 Å². The van der Waals surface area contributed by atoms with Crippen molar-refractivity contribution >= 4 is 17.4 Å². The van der Waals surface area contributed by atoms with Crippen molar-refractivity contribution in [3.05, 3.63) is 94.2 Å². The Morgan fingerprint density at radius 3 is 2.60 bits per heavy atom. The van der Waals surface area contributed by atoms with Gasteiger partial charge in [-0.1, -0.05) is 23.8 Å². The molecule has 1 aromatic carbocycles. The highest BCUT2D eigenvalue weighted by Gasteiger charge is 2.47. The molecule has 1 atom stereocenters. The van der Waals surface area contributed by atoms with Crippen LogP contribution in [0.3, 0.4) is 0 Å². The molecule has 3 heterocycles. The first-order valence-corrected chi connectivity index (χ1v) is 9.68. The minimum Gasteiger partial charge on any atom is -0.507 e. The molecule has 2 aromatic heterocycles. The molecule has 1 aliphatic heterocycles. The Morgan fingerprint density at radius 1 is 1.13 bits per heavy atom. The highest BCUT2D eigenvalue weighted by atomic mass is 16.3. The summed E-state index contributed by atoms with van der Waals surface area (Å²) >= 11 is 0. The van der Waals surface area contributed by atoms with Crippen LogP contribution in [0.5, 0.6) is 0 Å². The zero-order chi connectivity index (χ0) is 21.4. The van der Waals surface area contributed by atoms with Crippen LogP contribution < -0.4 is 0 Å². The maximum Gasteiger partial charge on any atom is 0.296 e. The highest BCUT2D eigenvalue weighted by molar-refractivity contribution is 6.46. The number of hydrogen-bond acceptors (Lipinski definition) is 5. The highest BCUT2D eigenvalue weighted by Crippen LogP contribution is 2.41. The Bertz CT molecular complexity index is 1160. The Hall–Kier alpha value is -3.67. The van der Waals surface area contributed by atoms with Crippen molar-refractivity contribution in [2.24, 2.45) is 0 Å². The SMILES string of the molecule is Cc1ccc(C)c(/C(O)=C2\C(=O)C(=O)N(Cc3cccnc3)C2c2ccc(C)o2)c1. The van der Waals surface area contributed by atoms with Gasteiger partial charge in [-0.05, 0) is 56.2 Å². The van der Waals surface area contributed by atoms with Crippen molar-refractivity contribution in [1.29, 1.82) is 0 Å². The molecule has 1 fully saturated rings. The number of aliphatic hydroxyl groups is 1. The van der Waals surface area contributed by atoms with Gasteiger partial charge in [-0.25, -0.2) is 0 Å². The summed E-state index contributed by atoms with van der Waals surface area (Å²) in [4.78, 5) is 31.5. The summed E-state index contributed by atoms with van der Waals surface area (Å²) in [6.07, 6.45) is 3.29. The van der Waals surface area contributed by atoms with E-state index in [1.54, 1.807) is 37.5 Å². The van der Waals surface area contributed by atoms with Gasteiger partial charge in [-0.3, -0.25) is 14.6 Å². The second-order valence-corrected chi connectivity index (χ2v) is 7.56. The number of carbonyl (C=O) groups is 2. The van der Waals surface area contributed by atoms with E-state index < -0.39 is 17.7 Å². The number of hydrogen-bond donors (Lipinski definition) is 1. The number of aryl methyl sites for hydroxylation is 3. The van der Waals surface area contributed by atoms with E-state index in [0.29, 0.717) is 17.1 Å². The van der Waals surface area contributed by atoms with Crippen LogP contribution in [-0.2, 0) is 16.1 Å². The van der Waals surface area contributed by atoms with E-state index in [0.717, 1.165) is 16.7 Å². The van der Waals surface area contributed by atoms with Gasteiger partial charge in [0.1, 0.15) is 23.3 Å². The van der Waals surface area contributed by atoms with E-state index in [4.69, 9.17) is 4.42 Å². The van der Waals surface area contributed by atoms with E-state index in [1.165, 1.54) is 4.90 Å². The molecular weight excluding hydrogens is 380 g/mol. The Balaban J connectivity index is 1.89. The lowest BCUT2D eigenvalue weighted by Crippen LogP contribution is -2.29. The van der Waals surface area contributed by atoms with E-state index in [2.05, 4.69) is 4.98 Å². The van der Waals surface area contributed by atoms with Gasteiger partial charge < -0.3 is 14.4 Å². The molecule has 4 rings (SSSR count). The molecule has 0 saturated carbocycles. The van der Waals surface area contributed by atoms with Crippen molar-refractivity contribution in [2.45, 2.75) is 33.4 Å². The standard InChI is InChI=1S/C24H22N2O4/c1-14-6-7-15(2)18(11-14)22(27)20-21(19-9-8-16(3)30-19)26(24(29)23(20)28)13-17-5-4-10-25-12-17/h4-12,21,27H,13H2,1-3H3/b22-20+. The number of nitrogens with zero attached hydrogens (tertiary/aromatic N) is 2. The van der Waals surface area contributed by atoms with Gasteiger partial charge in [-0.2, -0.15) is 0 Å². The van der Waals surface area contributed by atoms with Crippen molar-refractivity contribution in [1.82, 2.24) is 9.88 Å². The summed E-state index contributed by atoms with van der Waals surface area (Å²) in [5.74, 6) is -0.505. The lowest BCUT2D eigenvalue weighted by atomic mass is 9.96. The second kappa shape index (κ2) is 7.63. The molecule has 3 aromatic rings. The molecule has 0 radical (unpaired) electrons. The largest absolute Gasteiger partial charge is 0.507 e. The Morgan fingerprint density at radius 2 is 1.93 bits per heavy atom. The third-order valence-electron chi connectivity index (χ3n) is 5.29. The van der Waals surface area contributed by atoms with Gasteiger partial charge in [0.2, 0.25) is 0 Å². The topological polar surface area (TPSA) is 83.6 Å².